The van der Waals surface area contributed by atoms with E-state index in [4.69, 9.17) is 43.0 Å². The zero-order valence-corrected chi connectivity index (χ0v) is 30.2. The molecule has 5 rings (SSSR count). The molecule has 0 aliphatic carbocycles. The molecule has 3 N–H and O–H groups in total. The molecule has 0 amide bonds. The van der Waals surface area contributed by atoms with Crippen LogP contribution in [0.3, 0.4) is 0 Å². The van der Waals surface area contributed by atoms with E-state index < -0.39 is 73.4 Å². The van der Waals surface area contributed by atoms with Crippen LogP contribution in [-0.2, 0) is 42.7 Å². The number of aliphatic hydroxyl groups excluding tert-OH is 2. The lowest BCUT2D eigenvalue weighted by atomic mass is 9.96. The van der Waals surface area contributed by atoms with Crippen molar-refractivity contribution in [1.29, 1.82) is 0 Å². The summed E-state index contributed by atoms with van der Waals surface area (Å²) in [6, 6.07) is 9.46. The van der Waals surface area contributed by atoms with Gasteiger partial charge in [-0.2, -0.15) is 0 Å². The van der Waals surface area contributed by atoms with E-state index in [-0.39, 0.29) is 25.2 Å². The van der Waals surface area contributed by atoms with Crippen LogP contribution in [0.1, 0.15) is 123 Å². The molecule has 0 saturated carbocycles. The third-order valence-corrected chi connectivity index (χ3v) is 10.1. The van der Waals surface area contributed by atoms with Crippen molar-refractivity contribution in [3.05, 3.63) is 35.9 Å². The van der Waals surface area contributed by atoms with E-state index >= 15 is 0 Å². The van der Waals surface area contributed by atoms with Gasteiger partial charge in [0, 0.05) is 12.0 Å². The number of aliphatic hydroxyl groups is 2. The highest BCUT2D eigenvalue weighted by molar-refractivity contribution is 5.66. The Bertz CT molecular complexity index is 1150. The fraction of sp³-hybridized carbons (Fsp3) is 0.816. The fourth-order valence-electron chi connectivity index (χ4n) is 7.46. The summed E-state index contributed by atoms with van der Waals surface area (Å²) in [7, 11) is 0. The van der Waals surface area contributed by atoms with Gasteiger partial charge in [-0.15, -0.1) is 0 Å². The van der Waals surface area contributed by atoms with Crippen LogP contribution >= 0.6 is 0 Å². The van der Waals surface area contributed by atoms with Gasteiger partial charge in [-0.1, -0.05) is 95.0 Å². The van der Waals surface area contributed by atoms with Gasteiger partial charge in [-0.05, 0) is 40.0 Å². The third-order valence-electron chi connectivity index (χ3n) is 10.1. The summed E-state index contributed by atoms with van der Waals surface area (Å²) < 4.78 is 50.7. The van der Waals surface area contributed by atoms with Gasteiger partial charge in [0.05, 0.1) is 18.8 Å². The first-order valence-corrected chi connectivity index (χ1v) is 18.9. The van der Waals surface area contributed by atoms with E-state index in [1.807, 2.05) is 51.1 Å². The number of hydrogen-bond acceptors (Lipinski definition) is 11. The van der Waals surface area contributed by atoms with Crippen LogP contribution in [0.15, 0.2) is 30.3 Å². The number of unbranched alkanes of at least 4 members (excludes halogenated alkanes) is 8. The number of aliphatic carboxylic acids is 1. The predicted octanol–water partition coefficient (Wildman–Crippen LogP) is 5.76. The molecule has 1 aromatic rings. The van der Waals surface area contributed by atoms with Crippen LogP contribution in [0.25, 0.3) is 0 Å². The predicted molar refractivity (Wildman–Crippen MR) is 182 cm³/mol. The molecule has 12 nitrogen and oxygen atoms in total. The zero-order chi connectivity index (χ0) is 35.7. The standard InChI is InChI=1S/C38H60O12/c1-5-6-13-20-26(21-16-10-8-7-9-11-17-22-28(39)40)45-37-34(33-31(24(2)44-37)49-38(3,4)50-33)48-36-30(42)29(41)32-27(46-36)23-43-35(47-32)25-18-14-12-15-19-25/h12,14-15,18-19,24,26-27,29-37,41-42H,5-11,13,16-17,20-23H2,1-4H3,(H,39,40)/t24-,26+,27-,29-,30-,31+,32-,33+,34-,35-,36+,37+/m1/s1. The summed E-state index contributed by atoms with van der Waals surface area (Å²) in [6.07, 6.45) is 3.06. The Hall–Kier alpha value is -1.71. The molecule has 12 atom stereocenters. The van der Waals surface area contributed by atoms with Gasteiger partial charge in [0.15, 0.2) is 24.7 Å². The van der Waals surface area contributed by atoms with Crippen molar-refractivity contribution in [2.75, 3.05) is 6.61 Å². The topological polar surface area (TPSA) is 152 Å². The number of benzene rings is 1. The second kappa shape index (κ2) is 18.9. The summed E-state index contributed by atoms with van der Waals surface area (Å²) in [5.41, 5.74) is 0.813. The Morgan fingerprint density at radius 1 is 0.840 bits per heavy atom. The number of carbonyl (C=O) groups is 1. The molecule has 12 heteroatoms. The summed E-state index contributed by atoms with van der Waals surface area (Å²) in [5, 5.41) is 31.4. The lowest BCUT2D eigenvalue weighted by Gasteiger charge is -2.48. The molecule has 4 aliphatic heterocycles. The Balaban J connectivity index is 1.23. The lowest BCUT2D eigenvalue weighted by Crippen LogP contribution is -2.65. The molecule has 0 bridgehead atoms. The van der Waals surface area contributed by atoms with Crippen molar-refractivity contribution >= 4 is 5.97 Å². The third kappa shape index (κ3) is 10.7. The Morgan fingerprint density at radius 2 is 1.50 bits per heavy atom. The maximum atomic E-state index is 11.3. The molecule has 1 aromatic carbocycles. The second-order valence-electron chi connectivity index (χ2n) is 14.7. The number of rotatable bonds is 19. The fourth-order valence-corrected chi connectivity index (χ4v) is 7.46. The van der Waals surface area contributed by atoms with Crippen molar-refractivity contribution in [3.8, 4) is 0 Å². The Kier molecular flexibility index (Phi) is 14.9. The second-order valence-corrected chi connectivity index (χ2v) is 14.7. The monoisotopic (exact) mass is 708 g/mol. The zero-order valence-electron chi connectivity index (χ0n) is 30.2. The lowest BCUT2D eigenvalue weighted by molar-refractivity contribution is -0.388. The molecule has 4 saturated heterocycles. The number of carboxylic acid groups (broad SMARTS) is 1. The van der Waals surface area contributed by atoms with Crippen LogP contribution in [0, 0.1) is 0 Å². The van der Waals surface area contributed by atoms with Gasteiger partial charge in [0.25, 0.3) is 0 Å². The van der Waals surface area contributed by atoms with Crippen molar-refractivity contribution in [1.82, 2.24) is 0 Å². The molecule has 0 radical (unpaired) electrons. The van der Waals surface area contributed by atoms with Crippen molar-refractivity contribution < 1.29 is 58.0 Å². The molecule has 4 aliphatic rings. The first kappa shape index (κ1) is 39.5. The highest BCUT2D eigenvalue weighted by atomic mass is 16.8. The highest BCUT2D eigenvalue weighted by Crippen LogP contribution is 2.42. The Morgan fingerprint density at radius 3 is 2.20 bits per heavy atom. The molecule has 0 spiro atoms. The van der Waals surface area contributed by atoms with E-state index in [9.17, 15) is 15.0 Å². The normalized spacial score (nSPS) is 35.7. The minimum absolute atomic E-state index is 0.0745. The smallest absolute Gasteiger partial charge is 0.303 e. The number of hydrogen-bond donors (Lipinski definition) is 3. The molecular weight excluding hydrogens is 648 g/mol. The largest absolute Gasteiger partial charge is 0.481 e. The quantitative estimate of drug-likeness (QED) is 0.150. The van der Waals surface area contributed by atoms with E-state index in [1.54, 1.807) is 0 Å². The summed E-state index contributed by atoms with van der Waals surface area (Å²) in [5.74, 6) is -1.61. The minimum Gasteiger partial charge on any atom is -0.481 e. The maximum absolute atomic E-state index is 11.3. The van der Waals surface area contributed by atoms with E-state index in [1.165, 1.54) is 0 Å². The van der Waals surface area contributed by atoms with Gasteiger partial charge in [-0.25, -0.2) is 0 Å². The van der Waals surface area contributed by atoms with Gasteiger partial charge < -0.3 is 53.2 Å². The number of ether oxygens (including phenoxy) is 8. The minimum atomic E-state index is -1.41. The van der Waals surface area contributed by atoms with Crippen LogP contribution in [0.4, 0.5) is 0 Å². The van der Waals surface area contributed by atoms with Crippen molar-refractivity contribution in [2.45, 2.75) is 191 Å². The van der Waals surface area contributed by atoms with Gasteiger partial charge in [-0.3, -0.25) is 4.79 Å². The van der Waals surface area contributed by atoms with Gasteiger partial charge >= 0.3 is 5.97 Å². The van der Waals surface area contributed by atoms with Crippen molar-refractivity contribution in [2.24, 2.45) is 0 Å². The number of carboxylic acids is 1. The van der Waals surface area contributed by atoms with E-state index in [0.717, 1.165) is 82.6 Å². The average molecular weight is 709 g/mol. The van der Waals surface area contributed by atoms with E-state index in [0.29, 0.717) is 0 Å². The first-order valence-electron chi connectivity index (χ1n) is 18.9. The van der Waals surface area contributed by atoms with Crippen molar-refractivity contribution in [3.63, 3.8) is 0 Å². The SMILES string of the molecule is CCCCC[C@@H](CCCCCCCCCC(=O)O)O[C@@H]1O[C@H](C)[C@@H]2OC(C)(C)O[C@@H]2[C@H]1O[C@@H]1O[C@@H]2CO[C@@H](c3ccccc3)O[C@H]2[C@H](O)[C@H]1O. The molecule has 284 valence electrons. The summed E-state index contributed by atoms with van der Waals surface area (Å²) in [6.45, 7) is 7.97. The van der Waals surface area contributed by atoms with Crippen LogP contribution < -0.4 is 0 Å². The first-order chi connectivity index (χ1) is 24.1. The molecule has 50 heavy (non-hydrogen) atoms. The van der Waals surface area contributed by atoms with Gasteiger partial charge in [0.1, 0.15) is 42.7 Å². The summed E-state index contributed by atoms with van der Waals surface area (Å²) >= 11 is 0. The molecule has 0 unspecified atom stereocenters. The van der Waals surface area contributed by atoms with Crippen LogP contribution in [-0.4, -0.2) is 101 Å². The molecule has 0 aromatic heterocycles. The van der Waals surface area contributed by atoms with Crippen LogP contribution in [0.2, 0.25) is 0 Å². The molecular formula is C38H60O12. The highest BCUT2D eigenvalue weighted by Gasteiger charge is 2.58. The average Bonchev–Trinajstić information content (AvgIpc) is 3.43. The van der Waals surface area contributed by atoms with E-state index in [2.05, 4.69) is 6.92 Å². The number of fused-ring (bicyclic) bond motifs is 2. The van der Waals surface area contributed by atoms with Gasteiger partial charge in [0.2, 0.25) is 0 Å². The van der Waals surface area contributed by atoms with Crippen LogP contribution in [0.5, 0.6) is 0 Å². The molecule has 4 heterocycles. The Labute approximate surface area is 297 Å². The molecule has 4 fully saturated rings. The maximum Gasteiger partial charge on any atom is 0.303 e. The summed E-state index contributed by atoms with van der Waals surface area (Å²) in [4.78, 5) is 10.7.